The van der Waals surface area contributed by atoms with Gasteiger partial charge in [0.15, 0.2) is 5.60 Å². The molecule has 40 heavy (non-hydrogen) atoms. The van der Waals surface area contributed by atoms with Gasteiger partial charge in [-0.05, 0) is 55.7 Å². The van der Waals surface area contributed by atoms with E-state index in [9.17, 15) is 27.9 Å². The molecule has 2 aromatic rings. The number of hydrogen-bond acceptors (Lipinski definition) is 5. The Morgan fingerprint density at radius 3 is 2.33 bits per heavy atom. The highest BCUT2D eigenvalue weighted by Gasteiger charge is 2.40. The number of aliphatic hydroxyl groups is 1. The summed E-state index contributed by atoms with van der Waals surface area (Å²) >= 11 is 6.40. The van der Waals surface area contributed by atoms with Gasteiger partial charge in [-0.3, -0.25) is 14.5 Å². The van der Waals surface area contributed by atoms with Crippen molar-refractivity contribution in [2.75, 3.05) is 44.6 Å². The standard InChI is InChI=1S/C29H34ClF3N4O3/c1-28(40,19-3-2-4-20(31)15-19)27(39)36-11-7-23(8-12-36)37-17-22(18-37)34-21-5-6-24(25(30)16-21)26(38)35-13-9-29(32,33)10-14-35/h2-6,15-16,22-23,34,40H,7-14,17-18H2,1H3/t28-/m0/s1. The van der Waals surface area contributed by atoms with Crippen LogP contribution in [0.2, 0.25) is 5.02 Å². The minimum Gasteiger partial charge on any atom is -0.380 e. The molecule has 2 N–H and O–H groups in total. The third-order valence-corrected chi connectivity index (χ3v) is 8.65. The third kappa shape index (κ3) is 6.09. The number of nitrogens with zero attached hydrogens (tertiary/aromatic N) is 3. The fraction of sp³-hybridized carbons (Fsp3) is 0.517. The molecular formula is C29H34ClF3N4O3. The Bertz CT molecular complexity index is 1250. The van der Waals surface area contributed by atoms with E-state index in [1.165, 1.54) is 30.0 Å². The van der Waals surface area contributed by atoms with Crippen molar-refractivity contribution in [3.63, 3.8) is 0 Å². The summed E-state index contributed by atoms with van der Waals surface area (Å²) in [7, 11) is 0. The summed E-state index contributed by atoms with van der Waals surface area (Å²) in [6.45, 7) is 4.11. The molecule has 0 radical (unpaired) electrons. The summed E-state index contributed by atoms with van der Waals surface area (Å²) in [5.74, 6) is -3.96. The van der Waals surface area contributed by atoms with Crippen LogP contribution in [0.15, 0.2) is 42.5 Å². The van der Waals surface area contributed by atoms with Gasteiger partial charge >= 0.3 is 0 Å². The minimum absolute atomic E-state index is 0.0134. The van der Waals surface area contributed by atoms with Crippen LogP contribution in [0, 0.1) is 5.82 Å². The quantitative estimate of drug-likeness (QED) is 0.533. The summed E-state index contributed by atoms with van der Waals surface area (Å²) in [4.78, 5) is 31.2. The molecule has 0 saturated carbocycles. The molecule has 1 atom stereocenters. The second-order valence-electron chi connectivity index (χ2n) is 11.2. The molecule has 2 aromatic carbocycles. The van der Waals surface area contributed by atoms with E-state index in [1.54, 1.807) is 29.2 Å². The first-order chi connectivity index (χ1) is 18.9. The van der Waals surface area contributed by atoms with Gasteiger partial charge in [0.25, 0.3) is 17.7 Å². The summed E-state index contributed by atoms with van der Waals surface area (Å²) in [6.07, 6.45) is 0.893. The van der Waals surface area contributed by atoms with E-state index in [4.69, 9.17) is 11.6 Å². The van der Waals surface area contributed by atoms with E-state index in [0.717, 1.165) is 31.6 Å². The molecule has 7 nitrogen and oxygen atoms in total. The van der Waals surface area contributed by atoms with Crippen LogP contribution in [0.25, 0.3) is 0 Å². The van der Waals surface area contributed by atoms with Gasteiger partial charge in [0.05, 0.1) is 16.6 Å². The van der Waals surface area contributed by atoms with E-state index >= 15 is 0 Å². The number of halogens is 4. The third-order valence-electron chi connectivity index (χ3n) is 8.33. The van der Waals surface area contributed by atoms with Gasteiger partial charge in [-0.25, -0.2) is 13.2 Å². The van der Waals surface area contributed by atoms with E-state index in [2.05, 4.69) is 10.2 Å². The van der Waals surface area contributed by atoms with Crippen molar-refractivity contribution in [2.24, 2.45) is 0 Å². The Balaban J connectivity index is 1.08. The molecule has 0 bridgehead atoms. The molecule has 3 aliphatic rings. The van der Waals surface area contributed by atoms with Crippen molar-refractivity contribution in [1.82, 2.24) is 14.7 Å². The van der Waals surface area contributed by atoms with Gasteiger partial charge in [-0.2, -0.15) is 0 Å². The molecule has 0 aromatic heterocycles. The van der Waals surface area contributed by atoms with E-state index in [0.29, 0.717) is 24.7 Å². The average molecular weight is 579 g/mol. The Kier molecular flexibility index (Phi) is 8.05. The second-order valence-corrected chi connectivity index (χ2v) is 11.7. The van der Waals surface area contributed by atoms with E-state index in [1.807, 2.05) is 0 Å². The summed E-state index contributed by atoms with van der Waals surface area (Å²) in [6, 6.07) is 11.2. The molecule has 0 spiro atoms. The molecule has 3 aliphatic heterocycles. The largest absolute Gasteiger partial charge is 0.380 e. The zero-order valence-electron chi connectivity index (χ0n) is 22.4. The van der Waals surface area contributed by atoms with Gasteiger partial charge in [-0.1, -0.05) is 23.7 Å². The lowest BCUT2D eigenvalue weighted by Gasteiger charge is -2.48. The van der Waals surface area contributed by atoms with Gasteiger partial charge in [0, 0.05) is 63.8 Å². The van der Waals surface area contributed by atoms with E-state index in [-0.39, 0.29) is 48.5 Å². The predicted octanol–water partition coefficient (Wildman–Crippen LogP) is 4.35. The van der Waals surface area contributed by atoms with Crippen molar-refractivity contribution in [1.29, 1.82) is 0 Å². The highest BCUT2D eigenvalue weighted by Crippen LogP contribution is 2.31. The molecule has 216 valence electrons. The number of anilines is 1. The smallest absolute Gasteiger partial charge is 0.258 e. The average Bonchev–Trinajstić information content (AvgIpc) is 2.90. The number of piperidine rings is 2. The first-order valence-electron chi connectivity index (χ1n) is 13.7. The van der Waals surface area contributed by atoms with Gasteiger partial charge in [0.1, 0.15) is 5.82 Å². The highest BCUT2D eigenvalue weighted by molar-refractivity contribution is 6.34. The van der Waals surface area contributed by atoms with Crippen LogP contribution in [0.4, 0.5) is 18.9 Å². The lowest BCUT2D eigenvalue weighted by Crippen LogP contribution is -2.61. The number of rotatable bonds is 6. The zero-order chi connectivity index (χ0) is 28.7. The van der Waals surface area contributed by atoms with Gasteiger partial charge in [-0.15, -0.1) is 0 Å². The lowest BCUT2D eigenvalue weighted by molar-refractivity contribution is -0.152. The van der Waals surface area contributed by atoms with Crippen molar-refractivity contribution in [3.05, 3.63) is 64.4 Å². The van der Waals surface area contributed by atoms with Crippen molar-refractivity contribution in [2.45, 2.75) is 56.2 Å². The number of carbonyl (C=O) groups excluding carboxylic acids is 2. The van der Waals surface area contributed by atoms with Crippen LogP contribution in [0.5, 0.6) is 0 Å². The van der Waals surface area contributed by atoms with Gasteiger partial charge < -0.3 is 20.2 Å². The number of nitrogens with one attached hydrogen (secondary N) is 1. The maximum atomic E-state index is 13.6. The Morgan fingerprint density at radius 1 is 1.02 bits per heavy atom. The fourth-order valence-corrected chi connectivity index (χ4v) is 6.04. The van der Waals surface area contributed by atoms with Crippen molar-refractivity contribution in [3.8, 4) is 0 Å². The minimum atomic E-state index is -2.72. The van der Waals surface area contributed by atoms with Crippen LogP contribution >= 0.6 is 11.6 Å². The van der Waals surface area contributed by atoms with Crippen LogP contribution in [0.3, 0.4) is 0 Å². The molecule has 0 aliphatic carbocycles. The summed E-state index contributed by atoms with van der Waals surface area (Å²) in [5, 5.41) is 14.6. The molecule has 11 heteroatoms. The number of hydrogen-bond donors (Lipinski definition) is 2. The summed E-state index contributed by atoms with van der Waals surface area (Å²) in [5.41, 5.74) is -0.448. The molecule has 5 rings (SSSR count). The van der Waals surface area contributed by atoms with E-state index < -0.39 is 23.2 Å². The van der Waals surface area contributed by atoms with Gasteiger partial charge in [0.2, 0.25) is 0 Å². The second kappa shape index (κ2) is 11.2. The maximum absolute atomic E-state index is 13.6. The normalized spacial score (nSPS) is 21.9. The number of amides is 2. The van der Waals surface area contributed by atoms with Crippen molar-refractivity contribution >= 4 is 29.1 Å². The Hall–Kier alpha value is -2.82. The van der Waals surface area contributed by atoms with Crippen LogP contribution in [-0.4, -0.2) is 88.9 Å². The van der Waals surface area contributed by atoms with Crippen LogP contribution in [0.1, 0.15) is 48.5 Å². The van der Waals surface area contributed by atoms with Crippen molar-refractivity contribution < 1.29 is 27.9 Å². The molecular weight excluding hydrogens is 545 g/mol. The zero-order valence-corrected chi connectivity index (χ0v) is 23.1. The number of alkyl halides is 2. The monoisotopic (exact) mass is 578 g/mol. The first kappa shape index (κ1) is 28.7. The predicted molar refractivity (Wildman–Crippen MR) is 146 cm³/mol. The summed E-state index contributed by atoms with van der Waals surface area (Å²) < 4.78 is 40.5. The fourth-order valence-electron chi connectivity index (χ4n) is 5.78. The molecule has 3 saturated heterocycles. The number of likely N-dealkylation sites (tertiary alicyclic amines) is 3. The molecule has 0 unspecified atom stereocenters. The Labute approximate surface area is 236 Å². The Morgan fingerprint density at radius 2 is 1.70 bits per heavy atom. The topological polar surface area (TPSA) is 76.1 Å². The van der Waals surface area contributed by atoms with Crippen LogP contribution < -0.4 is 5.32 Å². The number of benzene rings is 2. The first-order valence-corrected chi connectivity index (χ1v) is 14.1. The lowest BCUT2D eigenvalue weighted by atomic mass is 9.92. The van der Waals surface area contributed by atoms with Crippen LogP contribution in [-0.2, 0) is 10.4 Å². The molecule has 3 fully saturated rings. The highest BCUT2D eigenvalue weighted by atomic mass is 35.5. The number of carbonyl (C=O) groups is 2. The maximum Gasteiger partial charge on any atom is 0.258 e. The molecule has 3 heterocycles. The SMILES string of the molecule is C[C@@](O)(C(=O)N1CCC(N2CC(Nc3ccc(C(=O)N4CCC(F)(F)CC4)c(Cl)c3)C2)CC1)c1cccc(F)c1. The molecule has 2 amide bonds.